The summed E-state index contributed by atoms with van der Waals surface area (Å²) in [4.78, 5) is 9.23. The number of nitrogens with zero attached hydrogens (tertiary/aromatic N) is 4. The predicted octanol–water partition coefficient (Wildman–Crippen LogP) is 1.27. The van der Waals surface area contributed by atoms with E-state index in [0.717, 1.165) is 50.0 Å². The van der Waals surface area contributed by atoms with E-state index in [0.29, 0.717) is 6.04 Å². The monoisotopic (exact) mass is 282 g/mol. The van der Waals surface area contributed by atoms with Gasteiger partial charge in [-0.2, -0.15) is 4.37 Å². The number of aromatic nitrogens is 2. The molecule has 0 radical (unpaired) electrons. The van der Waals surface area contributed by atoms with Crippen LogP contribution in [0.5, 0.6) is 0 Å². The van der Waals surface area contributed by atoms with Gasteiger partial charge in [0.15, 0.2) is 0 Å². The van der Waals surface area contributed by atoms with Gasteiger partial charge in [-0.25, -0.2) is 4.98 Å². The van der Waals surface area contributed by atoms with Crippen molar-refractivity contribution in [2.45, 2.75) is 44.8 Å². The van der Waals surface area contributed by atoms with E-state index in [4.69, 9.17) is 0 Å². The zero-order chi connectivity index (χ0) is 13.2. The summed E-state index contributed by atoms with van der Waals surface area (Å²) in [5.74, 6) is 0.866. The molecule has 1 aromatic rings. The number of piperazine rings is 1. The van der Waals surface area contributed by atoms with E-state index >= 15 is 0 Å². The molecular formula is C13H22N4OS. The lowest BCUT2D eigenvalue weighted by atomic mass is 9.91. The van der Waals surface area contributed by atoms with Crippen molar-refractivity contribution in [2.24, 2.45) is 0 Å². The molecule has 0 amide bonds. The molecule has 0 aromatic carbocycles. The highest BCUT2D eigenvalue weighted by Crippen LogP contribution is 2.25. The number of aliphatic hydroxyl groups excluding tert-OH is 1. The quantitative estimate of drug-likeness (QED) is 0.885. The molecule has 2 unspecified atom stereocenters. The smallest absolute Gasteiger partial charge is 0.205 e. The number of hydrogen-bond acceptors (Lipinski definition) is 6. The van der Waals surface area contributed by atoms with E-state index in [1.807, 2.05) is 6.92 Å². The first-order valence-electron chi connectivity index (χ1n) is 7.21. The molecule has 2 heterocycles. The summed E-state index contributed by atoms with van der Waals surface area (Å²) >= 11 is 1.49. The van der Waals surface area contributed by atoms with Crippen molar-refractivity contribution in [2.75, 3.05) is 31.1 Å². The summed E-state index contributed by atoms with van der Waals surface area (Å²) in [6.07, 6.45) is 4.45. The van der Waals surface area contributed by atoms with Crippen LogP contribution < -0.4 is 4.90 Å². The highest BCUT2D eigenvalue weighted by atomic mass is 32.1. The maximum Gasteiger partial charge on any atom is 0.205 e. The van der Waals surface area contributed by atoms with Crippen LogP contribution in [-0.4, -0.2) is 57.7 Å². The molecule has 2 aliphatic rings. The summed E-state index contributed by atoms with van der Waals surface area (Å²) in [6.45, 7) is 5.99. The van der Waals surface area contributed by atoms with Crippen molar-refractivity contribution in [3.05, 3.63) is 5.82 Å². The Morgan fingerprint density at radius 3 is 2.53 bits per heavy atom. The van der Waals surface area contributed by atoms with Crippen LogP contribution in [0.4, 0.5) is 5.13 Å². The zero-order valence-corrected chi connectivity index (χ0v) is 12.3. The summed E-state index contributed by atoms with van der Waals surface area (Å²) in [6, 6.07) is 0.382. The van der Waals surface area contributed by atoms with Crippen LogP contribution in [0.1, 0.15) is 31.5 Å². The lowest BCUT2D eigenvalue weighted by molar-refractivity contribution is 0.0173. The van der Waals surface area contributed by atoms with Gasteiger partial charge in [0.05, 0.1) is 6.10 Å². The topological polar surface area (TPSA) is 52.5 Å². The molecule has 1 N–H and O–H groups in total. The SMILES string of the molecule is Cc1nsc(N2CCN(C3CCCCC3O)CC2)n1. The second-order valence-electron chi connectivity index (χ2n) is 5.57. The Bertz CT molecular complexity index is 417. The maximum atomic E-state index is 10.1. The third-order valence-corrected chi connectivity index (χ3v) is 5.13. The van der Waals surface area contributed by atoms with Gasteiger partial charge >= 0.3 is 0 Å². The number of aliphatic hydroxyl groups is 1. The fourth-order valence-electron chi connectivity index (χ4n) is 3.18. The molecule has 3 rings (SSSR count). The van der Waals surface area contributed by atoms with Gasteiger partial charge in [0.25, 0.3) is 0 Å². The number of rotatable bonds is 2. The normalized spacial score (nSPS) is 29.7. The fourth-order valence-corrected chi connectivity index (χ4v) is 3.90. The zero-order valence-electron chi connectivity index (χ0n) is 11.5. The minimum Gasteiger partial charge on any atom is -0.391 e. The lowest BCUT2D eigenvalue weighted by Gasteiger charge is -2.42. The molecule has 1 aliphatic carbocycles. The molecular weight excluding hydrogens is 260 g/mol. The molecule has 0 spiro atoms. The number of anilines is 1. The Hall–Kier alpha value is -0.720. The van der Waals surface area contributed by atoms with Crippen LogP contribution in [0, 0.1) is 6.92 Å². The predicted molar refractivity (Wildman–Crippen MR) is 76.7 cm³/mol. The molecule has 106 valence electrons. The first kappa shape index (κ1) is 13.3. The Morgan fingerprint density at radius 2 is 1.89 bits per heavy atom. The summed E-state index contributed by atoms with van der Waals surface area (Å²) in [5, 5.41) is 11.2. The van der Waals surface area contributed by atoms with Crippen molar-refractivity contribution in [3.63, 3.8) is 0 Å². The summed E-state index contributed by atoms with van der Waals surface area (Å²) in [5.41, 5.74) is 0. The van der Waals surface area contributed by atoms with E-state index in [9.17, 15) is 5.11 Å². The molecule has 0 bridgehead atoms. The van der Waals surface area contributed by atoms with E-state index in [1.54, 1.807) is 0 Å². The van der Waals surface area contributed by atoms with Gasteiger partial charge in [-0.1, -0.05) is 12.8 Å². The molecule has 19 heavy (non-hydrogen) atoms. The van der Waals surface area contributed by atoms with E-state index in [1.165, 1.54) is 24.4 Å². The minimum absolute atomic E-state index is 0.121. The van der Waals surface area contributed by atoms with Crippen LogP contribution in [0.3, 0.4) is 0 Å². The molecule has 2 atom stereocenters. The second-order valence-corrected chi connectivity index (χ2v) is 6.30. The summed E-state index contributed by atoms with van der Waals surface area (Å²) in [7, 11) is 0. The highest BCUT2D eigenvalue weighted by molar-refractivity contribution is 7.09. The minimum atomic E-state index is -0.121. The van der Waals surface area contributed by atoms with Crippen LogP contribution >= 0.6 is 11.5 Å². The van der Waals surface area contributed by atoms with Crippen molar-refractivity contribution in [1.29, 1.82) is 0 Å². The first-order chi connectivity index (χ1) is 9.24. The molecule has 1 saturated carbocycles. The molecule has 5 nitrogen and oxygen atoms in total. The second kappa shape index (κ2) is 5.73. The van der Waals surface area contributed by atoms with Crippen molar-refractivity contribution in [1.82, 2.24) is 14.3 Å². The van der Waals surface area contributed by atoms with E-state index < -0.39 is 0 Å². The van der Waals surface area contributed by atoms with Crippen molar-refractivity contribution < 1.29 is 5.11 Å². The van der Waals surface area contributed by atoms with Crippen LogP contribution in [0.2, 0.25) is 0 Å². The van der Waals surface area contributed by atoms with Crippen molar-refractivity contribution in [3.8, 4) is 0 Å². The van der Waals surface area contributed by atoms with Gasteiger partial charge in [-0.05, 0) is 19.8 Å². The van der Waals surface area contributed by atoms with Gasteiger partial charge in [-0.3, -0.25) is 4.90 Å². The largest absolute Gasteiger partial charge is 0.391 e. The molecule has 2 fully saturated rings. The number of aryl methyl sites for hydroxylation is 1. The van der Waals surface area contributed by atoms with E-state index in [2.05, 4.69) is 19.2 Å². The Kier molecular flexibility index (Phi) is 4.00. The third-order valence-electron chi connectivity index (χ3n) is 4.26. The Balaban J connectivity index is 1.57. The van der Waals surface area contributed by atoms with Crippen molar-refractivity contribution >= 4 is 16.7 Å². The highest BCUT2D eigenvalue weighted by Gasteiger charge is 2.31. The van der Waals surface area contributed by atoms with Gasteiger partial charge in [0.2, 0.25) is 5.13 Å². The molecule has 6 heteroatoms. The molecule has 1 saturated heterocycles. The van der Waals surface area contributed by atoms with Crippen LogP contribution in [0.15, 0.2) is 0 Å². The Morgan fingerprint density at radius 1 is 1.16 bits per heavy atom. The van der Waals surface area contributed by atoms with Gasteiger partial charge < -0.3 is 10.0 Å². The van der Waals surface area contributed by atoms with Gasteiger partial charge in [0, 0.05) is 43.8 Å². The molecule has 1 aliphatic heterocycles. The first-order valence-corrected chi connectivity index (χ1v) is 7.99. The lowest BCUT2D eigenvalue weighted by Crippen LogP contribution is -2.54. The van der Waals surface area contributed by atoms with Crippen LogP contribution in [0.25, 0.3) is 0 Å². The van der Waals surface area contributed by atoms with Gasteiger partial charge in [0.1, 0.15) is 5.82 Å². The maximum absolute atomic E-state index is 10.1. The van der Waals surface area contributed by atoms with E-state index in [-0.39, 0.29) is 6.10 Å². The van der Waals surface area contributed by atoms with Crippen LogP contribution in [-0.2, 0) is 0 Å². The standard InChI is InChI=1S/C13H22N4OS/c1-10-14-13(19-15-10)17-8-6-16(7-9-17)11-4-2-3-5-12(11)18/h11-12,18H,2-9H2,1H3. The average Bonchev–Trinajstić information content (AvgIpc) is 2.86. The van der Waals surface area contributed by atoms with Gasteiger partial charge in [-0.15, -0.1) is 0 Å². The fraction of sp³-hybridized carbons (Fsp3) is 0.846. The third kappa shape index (κ3) is 2.90. The average molecular weight is 282 g/mol. The Labute approximate surface area is 118 Å². The number of hydrogen-bond donors (Lipinski definition) is 1. The molecule has 1 aromatic heterocycles. The summed E-state index contributed by atoms with van der Waals surface area (Å²) < 4.78 is 4.25.